The van der Waals surface area contributed by atoms with E-state index in [4.69, 9.17) is 4.74 Å². The number of amides is 1. The number of nitrogens with zero attached hydrogens (tertiary/aromatic N) is 5. The second-order valence-corrected chi connectivity index (χ2v) is 11.6. The summed E-state index contributed by atoms with van der Waals surface area (Å²) < 4.78 is 45.7. The molecule has 1 saturated heterocycles. The van der Waals surface area contributed by atoms with Gasteiger partial charge in [0.2, 0.25) is 0 Å². The van der Waals surface area contributed by atoms with E-state index in [1.165, 1.54) is 12.1 Å². The SMILES string of the molecule is CC(C)(C)OC(=O)N1CC=C(c2ccn3nc(C(O)N4CCN(Cc5ccc(C(F)(F)F)cc5)CC4)cc3c2)CC1. The minimum absolute atomic E-state index is 0.307. The van der Waals surface area contributed by atoms with Crippen LogP contribution in [-0.4, -0.2) is 80.4 Å². The minimum atomic E-state index is -4.34. The summed E-state index contributed by atoms with van der Waals surface area (Å²) in [7, 11) is 0. The summed E-state index contributed by atoms with van der Waals surface area (Å²) in [6, 6.07) is 11.2. The van der Waals surface area contributed by atoms with Crippen molar-refractivity contribution in [2.24, 2.45) is 0 Å². The third kappa shape index (κ3) is 7.09. The van der Waals surface area contributed by atoms with Crippen LogP contribution in [0.25, 0.3) is 11.1 Å². The van der Waals surface area contributed by atoms with Gasteiger partial charge in [-0.15, -0.1) is 0 Å². The maximum Gasteiger partial charge on any atom is 0.416 e. The van der Waals surface area contributed by atoms with Gasteiger partial charge in [0.15, 0.2) is 6.23 Å². The number of alkyl halides is 3. The van der Waals surface area contributed by atoms with Crippen LogP contribution in [0.3, 0.4) is 0 Å². The van der Waals surface area contributed by atoms with Gasteiger partial charge in [-0.1, -0.05) is 18.2 Å². The highest BCUT2D eigenvalue weighted by atomic mass is 19.4. The summed E-state index contributed by atoms with van der Waals surface area (Å²) in [5.74, 6) is 0. The quantitative estimate of drug-likeness (QED) is 0.455. The predicted octanol–water partition coefficient (Wildman–Crippen LogP) is 5.19. The van der Waals surface area contributed by atoms with Crippen molar-refractivity contribution >= 4 is 17.2 Å². The van der Waals surface area contributed by atoms with E-state index in [0.29, 0.717) is 51.5 Å². The van der Waals surface area contributed by atoms with Crippen molar-refractivity contribution in [2.75, 3.05) is 39.3 Å². The van der Waals surface area contributed by atoms with Crippen LogP contribution in [0.5, 0.6) is 0 Å². The topological polar surface area (TPSA) is 73.5 Å². The van der Waals surface area contributed by atoms with E-state index >= 15 is 0 Å². The van der Waals surface area contributed by atoms with Crippen LogP contribution in [0.1, 0.15) is 55.8 Å². The van der Waals surface area contributed by atoms with Gasteiger partial charge in [-0.05, 0) is 74.2 Å². The Balaban J connectivity index is 1.17. The van der Waals surface area contributed by atoms with Gasteiger partial charge in [-0.2, -0.15) is 18.3 Å². The summed E-state index contributed by atoms with van der Waals surface area (Å²) in [4.78, 5) is 18.2. The normalized spacial score (nSPS) is 18.4. The standard InChI is InChI=1S/C30H36F3N5O3/c1-29(2,3)41-28(40)37-11-8-22(9-12-37)23-10-13-38-25(18-23)19-26(34-38)27(39)36-16-14-35(15-17-36)20-21-4-6-24(7-5-21)30(31,32)33/h4-8,10,13,18-19,27,39H,9,11-12,14-17,20H2,1-3H3. The molecule has 1 amide bonds. The third-order valence-corrected chi connectivity index (χ3v) is 7.42. The van der Waals surface area contributed by atoms with Gasteiger partial charge < -0.3 is 14.7 Å². The van der Waals surface area contributed by atoms with Gasteiger partial charge in [-0.25, -0.2) is 9.31 Å². The first-order chi connectivity index (χ1) is 19.4. The Morgan fingerprint density at radius 1 is 1.02 bits per heavy atom. The van der Waals surface area contributed by atoms with Crippen LogP contribution >= 0.6 is 0 Å². The molecule has 1 fully saturated rings. The fraction of sp³-hybridized carbons (Fsp3) is 0.467. The molecular formula is C30H36F3N5O3. The number of hydrogen-bond donors (Lipinski definition) is 1. The molecule has 4 heterocycles. The van der Waals surface area contributed by atoms with Crippen molar-refractivity contribution in [1.82, 2.24) is 24.3 Å². The molecule has 5 rings (SSSR count). The van der Waals surface area contributed by atoms with Gasteiger partial charge >= 0.3 is 12.3 Å². The monoisotopic (exact) mass is 571 g/mol. The second kappa shape index (κ2) is 11.5. The number of aromatic nitrogens is 2. The summed E-state index contributed by atoms with van der Waals surface area (Å²) in [6.45, 7) is 9.80. The molecule has 41 heavy (non-hydrogen) atoms. The number of halogens is 3. The maximum atomic E-state index is 12.8. The zero-order chi connectivity index (χ0) is 29.4. The molecular weight excluding hydrogens is 535 g/mol. The van der Waals surface area contributed by atoms with Crippen molar-refractivity contribution in [3.8, 4) is 0 Å². The van der Waals surface area contributed by atoms with Crippen molar-refractivity contribution in [2.45, 2.75) is 51.7 Å². The number of fused-ring (bicyclic) bond motifs is 1. The second-order valence-electron chi connectivity index (χ2n) is 11.6. The van der Waals surface area contributed by atoms with E-state index in [9.17, 15) is 23.1 Å². The van der Waals surface area contributed by atoms with Gasteiger partial charge in [0.25, 0.3) is 0 Å². The number of aliphatic hydroxyl groups is 1. The summed E-state index contributed by atoms with van der Waals surface area (Å²) in [6.07, 6.45) is -0.853. The van der Waals surface area contributed by atoms with Crippen molar-refractivity contribution < 1.29 is 27.8 Å². The van der Waals surface area contributed by atoms with Crippen LogP contribution < -0.4 is 0 Å². The Hall–Kier alpha value is -3.41. The number of carbonyl (C=O) groups is 1. The van der Waals surface area contributed by atoms with E-state index in [-0.39, 0.29) is 6.09 Å². The maximum absolute atomic E-state index is 12.8. The minimum Gasteiger partial charge on any atom is -0.444 e. The number of aliphatic hydroxyl groups excluding tert-OH is 1. The van der Waals surface area contributed by atoms with Crippen LogP contribution in [0.15, 0.2) is 54.7 Å². The number of hydrogen-bond acceptors (Lipinski definition) is 6. The van der Waals surface area contributed by atoms with Crippen molar-refractivity contribution in [3.63, 3.8) is 0 Å². The number of carbonyl (C=O) groups excluding carboxylic acids is 1. The molecule has 2 aromatic heterocycles. The Morgan fingerprint density at radius 2 is 1.73 bits per heavy atom. The largest absolute Gasteiger partial charge is 0.444 e. The summed E-state index contributed by atoms with van der Waals surface area (Å²) in [5.41, 5.74) is 3.29. The number of rotatable bonds is 5. The first kappa shape index (κ1) is 29.1. The molecule has 3 aromatic rings. The number of piperazine rings is 1. The Bertz CT molecular complexity index is 1400. The molecule has 0 radical (unpaired) electrons. The van der Waals surface area contributed by atoms with Crippen molar-refractivity contribution in [1.29, 1.82) is 0 Å². The molecule has 2 aliphatic rings. The highest BCUT2D eigenvalue weighted by molar-refractivity contribution is 5.74. The summed E-state index contributed by atoms with van der Waals surface area (Å²) >= 11 is 0. The van der Waals surface area contributed by atoms with Crippen LogP contribution in [-0.2, 0) is 17.5 Å². The molecule has 1 atom stereocenters. The van der Waals surface area contributed by atoms with E-state index in [1.54, 1.807) is 9.42 Å². The lowest BCUT2D eigenvalue weighted by molar-refractivity contribution is -0.137. The van der Waals surface area contributed by atoms with Crippen molar-refractivity contribution in [3.05, 3.63) is 77.1 Å². The first-order valence-corrected chi connectivity index (χ1v) is 13.8. The molecule has 0 bridgehead atoms. The van der Waals surface area contributed by atoms with Crippen LogP contribution in [0.4, 0.5) is 18.0 Å². The highest BCUT2D eigenvalue weighted by Crippen LogP contribution is 2.30. The number of ether oxygens (including phenoxy) is 1. The lowest BCUT2D eigenvalue weighted by atomic mass is 10.0. The lowest BCUT2D eigenvalue weighted by Crippen LogP contribution is -2.47. The fourth-order valence-electron chi connectivity index (χ4n) is 5.17. The summed E-state index contributed by atoms with van der Waals surface area (Å²) in [5, 5.41) is 15.7. The predicted molar refractivity (Wildman–Crippen MR) is 149 cm³/mol. The Morgan fingerprint density at radius 3 is 2.34 bits per heavy atom. The molecule has 2 aliphatic heterocycles. The van der Waals surface area contributed by atoms with Gasteiger partial charge in [-0.3, -0.25) is 9.80 Å². The Labute approximate surface area is 237 Å². The molecule has 1 unspecified atom stereocenters. The van der Waals surface area contributed by atoms with E-state index in [1.807, 2.05) is 50.1 Å². The molecule has 220 valence electrons. The molecule has 0 saturated carbocycles. The molecule has 8 nitrogen and oxygen atoms in total. The molecule has 11 heteroatoms. The Kier molecular flexibility index (Phi) is 8.13. The van der Waals surface area contributed by atoms with Crippen LogP contribution in [0, 0.1) is 0 Å². The van der Waals surface area contributed by atoms with Gasteiger partial charge in [0.1, 0.15) is 11.3 Å². The highest BCUT2D eigenvalue weighted by Gasteiger charge is 2.30. The van der Waals surface area contributed by atoms with Gasteiger partial charge in [0.05, 0.1) is 11.1 Å². The third-order valence-electron chi connectivity index (χ3n) is 7.42. The molecule has 1 aromatic carbocycles. The lowest BCUT2D eigenvalue weighted by Gasteiger charge is -2.36. The molecule has 0 aliphatic carbocycles. The van der Waals surface area contributed by atoms with Crippen LogP contribution in [0.2, 0.25) is 0 Å². The van der Waals surface area contributed by atoms with E-state index in [2.05, 4.69) is 16.1 Å². The van der Waals surface area contributed by atoms with E-state index < -0.39 is 23.6 Å². The smallest absolute Gasteiger partial charge is 0.416 e. The fourth-order valence-corrected chi connectivity index (χ4v) is 5.17. The average molecular weight is 572 g/mol. The molecule has 0 spiro atoms. The number of pyridine rings is 1. The van der Waals surface area contributed by atoms with Gasteiger partial charge in [0, 0.05) is 52.0 Å². The average Bonchev–Trinajstić information content (AvgIpc) is 3.36. The first-order valence-electron chi connectivity index (χ1n) is 13.8. The zero-order valence-electron chi connectivity index (χ0n) is 23.6. The van der Waals surface area contributed by atoms with E-state index in [0.717, 1.165) is 40.8 Å². The zero-order valence-corrected chi connectivity index (χ0v) is 23.6. The number of benzene rings is 1. The molecule has 1 N–H and O–H groups in total.